The first kappa shape index (κ1) is 33.5. The van der Waals surface area contributed by atoms with Crippen molar-refractivity contribution in [3.63, 3.8) is 0 Å². The monoisotopic (exact) mass is 549 g/mol. The van der Waals surface area contributed by atoms with E-state index in [1.165, 1.54) is 0 Å². The van der Waals surface area contributed by atoms with Crippen LogP contribution in [0.4, 0.5) is 0 Å². The van der Waals surface area contributed by atoms with Crippen LogP contribution >= 0.6 is 0 Å². The minimum Gasteiger partial charge on any atom is -0.480 e. The summed E-state index contributed by atoms with van der Waals surface area (Å²) in [5.74, 6) is -3.73. The molecule has 218 valence electrons. The Morgan fingerprint density at radius 3 is 1.67 bits per heavy atom. The standard InChI is InChI=1S/C26H43N7O6/c27-14-6-4-10-19(31-23(35)18(29)12-13-22(30)34)24(36)32-20(11-5-7-15-28)25(37)33-21(26(38)39)16-17-8-2-1-3-9-17/h1-3,8-9,18-21H,4-7,10-16,27-29H2,(H2,30,34)(H,31,35)(H,32,36)(H,33,37)(H,38,39). The molecule has 0 aliphatic heterocycles. The predicted octanol–water partition coefficient (Wildman–Crippen LogP) is -1.38. The van der Waals surface area contributed by atoms with Crippen LogP contribution in [-0.2, 0) is 30.4 Å². The highest BCUT2D eigenvalue weighted by Gasteiger charge is 2.30. The van der Waals surface area contributed by atoms with E-state index in [0.717, 1.165) is 5.56 Å². The number of aliphatic carboxylic acids is 1. The van der Waals surface area contributed by atoms with E-state index in [1.54, 1.807) is 30.3 Å². The van der Waals surface area contributed by atoms with E-state index in [-0.39, 0.29) is 32.1 Å². The maximum Gasteiger partial charge on any atom is 0.326 e. The largest absolute Gasteiger partial charge is 0.480 e. The molecular formula is C26H43N7O6. The van der Waals surface area contributed by atoms with E-state index in [0.29, 0.717) is 38.8 Å². The maximum absolute atomic E-state index is 13.2. The minimum absolute atomic E-state index is 0.0143. The number of unbranched alkanes of at least 4 members (excludes halogenated alkanes) is 2. The number of nitrogens with one attached hydrogen (secondary N) is 3. The Bertz CT molecular complexity index is 931. The predicted molar refractivity (Wildman–Crippen MR) is 146 cm³/mol. The van der Waals surface area contributed by atoms with E-state index in [9.17, 15) is 29.1 Å². The Hall–Kier alpha value is -3.55. The van der Waals surface area contributed by atoms with Gasteiger partial charge in [0.15, 0.2) is 0 Å². The highest BCUT2D eigenvalue weighted by atomic mass is 16.4. The molecule has 4 atom stereocenters. The number of rotatable bonds is 20. The van der Waals surface area contributed by atoms with Gasteiger partial charge in [-0.15, -0.1) is 0 Å². The van der Waals surface area contributed by atoms with Gasteiger partial charge in [-0.1, -0.05) is 30.3 Å². The van der Waals surface area contributed by atoms with Crippen LogP contribution in [0, 0.1) is 0 Å². The second-order valence-electron chi connectivity index (χ2n) is 9.39. The summed E-state index contributed by atoms with van der Waals surface area (Å²) in [5.41, 5.74) is 22.8. The van der Waals surface area contributed by atoms with Gasteiger partial charge in [-0.25, -0.2) is 4.79 Å². The molecule has 4 unspecified atom stereocenters. The van der Waals surface area contributed by atoms with Crippen molar-refractivity contribution in [2.45, 2.75) is 82.0 Å². The molecule has 13 heteroatoms. The van der Waals surface area contributed by atoms with Gasteiger partial charge in [0.05, 0.1) is 6.04 Å². The van der Waals surface area contributed by atoms with Crippen LogP contribution in [0.15, 0.2) is 30.3 Å². The minimum atomic E-state index is -1.21. The van der Waals surface area contributed by atoms with Crippen LogP contribution < -0.4 is 38.9 Å². The van der Waals surface area contributed by atoms with Crippen LogP contribution in [-0.4, -0.2) is 72.0 Å². The number of carbonyl (C=O) groups is 5. The Kier molecular flexibility index (Phi) is 16.0. The van der Waals surface area contributed by atoms with Crippen molar-refractivity contribution in [3.8, 4) is 0 Å². The molecule has 0 fully saturated rings. The zero-order chi connectivity index (χ0) is 29.2. The summed E-state index contributed by atoms with van der Waals surface area (Å²) in [4.78, 5) is 61.8. The highest BCUT2D eigenvalue weighted by Crippen LogP contribution is 2.08. The fraction of sp³-hybridized carbons (Fsp3) is 0.577. The first-order chi connectivity index (χ1) is 18.6. The van der Waals surface area contributed by atoms with Gasteiger partial charge in [0, 0.05) is 12.8 Å². The van der Waals surface area contributed by atoms with Crippen molar-refractivity contribution in [3.05, 3.63) is 35.9 Å². The molecule has 13 nitrogen and oxygen atoms in total. The van der Waals surface area contributed by atoms with Gasteiger partial charge >= 0.3 is 5.97 Å². The molecular weight excluding hydrogens is 506 g/mol. The van der Waals surface area contributed by atoms with E-state index in [1.807, 2.05) is 0 Å². The topological polar surface area (TPSA) is 246 Å². The summed E-state index contributed by atoms with van der Waals surface area (Å²) in [6.07, 6.45) is 2.67. The van der Waals surface area contributed by atoms with Gasteiger partial charge < -0.3 is 44.0 Å². The second-order valence-corrected chi connectivity index (χ2v) is 9.39. The van der Waals surface area contributed by atoms with Crippen molar-refractivity contribution in [1.82, 2.24) is 16.0 Å². The lowest BCUT2D eigenvalue weighted by molar-refractivity contribution is -0.142. The quantitative estimate of drug-likeness (QED) is 0.0891. The summed E-state index contributed by atoms with van der Waals surface area (Å²) < 4.78 is 0. The van der Waals surface area contributed by atoms with Gasteiger partial charge in [0.25, 0.3) is 0 Å². The van der Waals surface area contributed by atoms with Gasteiger partial charge in [-0.3, -0.25) is 19.2 Å². The molecule has 0 bridgehead atoms. The van der Waals surface area contributed by atoms with Crippen LogP contribution in [0.1, 0.15) is 56.9 Å². The number of carbonyl (C=O) groups excluding carboxylic acids is 4. The number of nitrogens with two attached hydrogens (primary N) is 4. The van der Waals surface area contributed by atoms with Crippen LogP contribution in [0.2, 0.25) is 0 Å². The number of carboxylic acid groups (broad SMARTS) is 1. The van der Waals surface area contributed by atoms with Crippen molar-refractivity contribution in [2.75, 3.05) is 13.1 Å². The summed E-state index contributed by atoms with van der Waals surface area (Å²) >= 11 is 0. The van der Waals surface area contributed by atoms with E-state index in [4.69, 9.17) is 22.9 Å². The Morgan fingerprint density at radius 1 is 0.718 bits per heavy atom. The second kappa shape index (κ2) is 18.7. The molecule has 0 aliphatic carbocycles. The highest BCUT2D eigenvalue weighted by molar-refractivity contribution is 5.94. The fourth-order valence-corrected chi connectivity index (χ4v) is 3.83. The molecule has 0 radical (unpaired) electrons. The summed E-state index contributed by atoms with van der Waals surface area (Å²) in [6.45, 7) is 0.775. The average Bonchev–Trinajstić information content (AvgIpc) is 2.90. The van der Waals surface area contributed by atoms with Gasteiger partial charge in [-0.05, 0) is 63.6 Å². The number of benzene rings is 1. The molecule has 0 heterocycles. The molecule has 0 saturated heterocycles. The third-order valence-electron chi connectivity index (χ3n) is 6.10. The molecule has 39 heavy (non-hydrogen) atoms. The van der Waals surface area contributed by atoms with E-state index < -0.39 is 53.8 Å². The third-order valence-corrected chi connectivity index (χ3v) is 6.10. The number of carboxylic acids is 1. The first-order valence-corrected chi connectivity index (χ1v) is 13.2. The van der Waals surface area contributed by atoms with Crippen molar-refractivity contribution in [1.29, 1.82) is 0 Å². The molecule has 1 rings (SSSR count). The van der Waals surface area contributed by atoms with Crippen molar-refractivity contribution < 1.29 is 29.1 Å². The Balaban J connectivity index is 2.99. The third kappa shape index (κ3) is 13.7. The molecule has 4 amide bonds. The van der Waals surface area contributed by atoms with Crippen LogP contribution in [0.25, 0.3) is 0 Å². The summed E-state index contributed by atoms with van der Waals surface area (Å²) in [7, 11) is 0. The number of primary amides is 1. The van der Waals surface area contributed by atoms with Crippen LogP contribution in [0.3, 0.4) is 0 Å². The molecule has 0 aliphatic rings. The SMILES string of the molecule is NCCCCC(NC(=O)C(N)CCC(N)=O)C(=O)NC(CCCCN)C(=O)NC(Cc1ccccc1)C(=O)O. The first-order valence-electron chi connectivity index (χ1n) is 13.2. The number of amides is 4. The van der Waals surface area contributed by atoms with E-state index >= 15 is 0 Å². The van der Waals surface area contributed by atoms with Crippen molar-refractivity contribution in [2.24, 2.45) is 22.9 Å². The zero-order valence-corrected chi connectivity index (χ0v) is 22.3. The molecule has 12 N–H and O–H groups in total. The smallest absolute Gasteiger partial charge is 0.326 e. The average molecular weight is 550 g/mol. The number of hydrogen-bond acceptors (Lipinski definition) is 8. The summed E-state index contributed by atoms with van der Waals surface area (Å²) in [5, 5.41) is 17.5. The maximum atomic E-state index is 13.2. The Morgan fingerprint density at radius 2 is 1.21 bits per heavy atom. The lowest BCUT2D eigenvalue weighted by Gasteiger charge is -2.25. The fourth-order valence-electron chi connectivity index (χ4n) is 3.83. The van der Waals surface area contributed by atoms with Crippen molar-refractivity contribution >= 4 is 29.6 Å². The lowest BCUT2D eigenvalue weighted by Crippen LogP contribution is -2.57. The Labute approximate surface area is 228 Å². The number of hydrogen-bond donors (Lipinski definition) is 8. The molecule has 0 aromatic heterocycles. The van der Waals surface area contributed by atoms with Gasteiger partial charge in [-0.2, -0.15) is 0 Å². The lowest BCUT2D eigenvalue weighted by atomic mass is 10.0. The molecule has 1 aromatic rings. The van der Waals surface area contributed by atoms with E-state index in [2.05, 4.69) is 16.0 Å². The summed E-state index contributed by atoms with van der Waals surface area (Å²) in [6, 6.07) is 4.50. The molecule has 0 spiro atoms. The zero-order valence-electron chi connectivity index (χ0n) is 22.3. The molecule has 0 saturated carbocycles. The van der Waals surface area contributed by atoms with Gasteiger partial charge in [0.2, 0.25) is 23.6 Å². The normalized spacial score (nSPS) is 13.9. The van der Waals surface area contributed by atoms with Crippen LogP contribution in [0.5, 0.6) is 0 Å². The molecule has 1 aromatic carbocycles. The van der Waals surface area contributed by atoms with Gasteiger partial charge in [0.1, 0.15) is 18.1 Å².